The molecule has 1 aromatic carbocycles. The van der Waals surface area contributed by atoms with E-state index in [-0.39, 0.29) is 0 Å². The molecule has 2 aromatic rings. The third-order valence-electron chi connectivity index (χ3n) is 1.99. The zero-order valence-corrected chi connectivity index (χ0v) is 11.1. The van der Waals surface area contributed by atoms with Gasteiger partial charge in [-0.2, -0.15) is 4.37 Å². The summed E-state index contributed by atoms with van der Waals surface area (Å²) in [6, 6.07) is 5.76. The topological polar surface area (TPSA) is 61.0 Å². The van der Waals surface area contributed by atoms with Gasteiger partial charge in [0.1, 0.15) is 12.1 Å². The van der Waals surface area contributed by atoms with Crippen LogP contribution in [0.1, 0.15) is 13.3 Å². The van der Waals surface area contributed by atoms with Crippen LogP contribution in [0.15, 0.2) is 33.8 Å². The Hall–Kier alpha value is -1.27. The second kappa shape index (κ2) is 5.88. The van der Waals surface area contributed by atoms with Gasteiger partial charge in [-0.1, -0.05) is 18.7 Å². The number of rotatable bonds is 5. The molecular formula is C11H13N3OS2. The normalized spacial score (nSPS) is 10.4. The van der Waals surface area contributed by atoms with Crippen LogP contribution in [-0.2, 0) is 0 Å². The van der Waals surface area contributed by atoms with Gasteiger partial charge in [0.25, 0.3) is 0 Å². The van der Waals surface area contributed by atoms with E-state index >= 15 is 0 Å². The first-order chi connectivity index (χ1) is 8.29. The minimum atomic E-state index is 0.667. The molecule has 0 bridgehead atoms. The number of nitrogen functional groups attached to an aromatic ring is 1. The summed E-state index contributed by atoms with van der Waals surface area (Å²) < 4.78 is 10.4. The smallest absolute Gasteiger partial charge is 0.174 e. The molecule has 6 heteroatoms. The summed E-state index contributed by atoms with van der Waals surface area (Å²) in [5.74, 6) is 0.737. The van der Waals surface area contributed by atoms with E-state index in [4.69, 9.17) is 10.5 Å². The molecule has 0 radical (unpaired) electrons. The molecule has 90 valence electrons. The van der Waals surface area contributed by atoms with Crippen LogP contribution < -0.4 is 10.5 Å². The van der Waals surface area contributed by atoms with Crippen LogP contribution in [0.25, 0.3) is 0 Å². The summed E-state index contributed by atoms with van der Waals surface area (Å²) >= 11 is 2.94. The predicted octanol–water partition coefficient (Wildman–Crippen LogP) is 3.06. The number of nitrogens with two attached hydrogens (primary N) is 1. The van der Waals surface area contributed by atoms with E-state index < -0.39 is 0 Å². The zero-order valence-electron chi connectivity index (χ0n) is 9.42. The monoisotopic (exact) mass is 267 g/mol. The first-order valence-corrected chi connectivity index (χ1v) is 6.85. The lowest BCUT2D eigenvalue weighted by Crippen LogP contribution is -1.98. The number of nitrogens with zero attached hydrogens (tertiary/aromatic N) is 2. The van der Waals surface area contributed by atoms with Crippen molar-refractivity contribution in [2.24, 2.45) is 0 Å². The van der Waals surface area contributed by atoms with Crippen molar-refractivity contribution in [3.05, 3.63) is 24.5 Å². The number of aromatic nitrogens is 2. The van der Waals surface area contributed by atoms with Crippen LogP contribution in [0.4, 0.5) is 5.69 Å². The Morgan fingerprint density at radius 1 is 1.47 bits per heavy atom. The maximum atomic E-state index is 5.84. The van der Waals surface area contributed by atoms with E-state index in [0.717, 1.165) is 21.4 Å². The van der Waals surface area contributed by atoms with Gasteiger partial charge >= 0.3 is 0 Å². The summed E-state index contributed by atoms with van der Waals surface area (Å²) in [6.45, 7) is 2.74. The van der Waals surface area contributed by atoms with Gasteiger partial charge in [-0.15, -0.1) is 0 Å². The van der Waals surface area contributed by atoms with Gasteiger partial charge in [0, 0.05) is 4.90 Å². The second-order valence-electron chi connectivity index (χ2n) is 3.36. The predicted molar refractivity (Wildman–Crippen MR) is 70.7 cm³/mol. The van der Waals surface area contributed by atoms with Crippen LogP contribution in [0.5, 0.6) is 5.75 Å². The molecule has 0 fully saturated rings. The lowest BCUT2D eigenvalue weighted by Gasteiger charge is -2.08. The number of anilines is 1. The highest BCUT2D eigenvalue weighted by molar-refractivity contribution is 8.01. The Morgan fingerprint density at radius 2 is 2.35 bits per heavy atom. The molecule has 1 heterocycles. The van der Waals surface area contributed by atoms with Crippen molar-refractivity contribution in [1.82, 2.24) is 9.36 Å². The van der Waals surface area contributed by atoms with E-state index in [2.05, 4.69) is 16.3 Å². The Balaban J connectivity index is 2.13. The van der Waals surface area contributed by atoms with Gasteiger partial charge in [0.2, 0.25) is 0 Å². The van der Waals surface area contributed by atoms with Crippen molar-refractivity contribution in [1.29, 1.82) is 0 Å². The molecule has 2 N–H and O–H groups in total. The highest BCUT2D eigenvalue weighted by Gasteiger charge is 2.05. The molecule has 17 heavy (non-hydrogen) atoms. The van der Waals surface area contributed by atoms with E-state index in [1.54, 1.807) is 18.1 Å². The van der Waals surface area contributed by atoms with Crippen molar-refractivity contribution < 1.29 is 4.74 Å². The second-order valence-corrected chi connectivity index (χ2v) is 5.46. The zero-order chi connectivity index (χ0) is 12.1. The van der Waals surface area contributed by atoms with Crippen molar-refractivity contribution >= 4 is 29.0 Å². The van der Waals surface area contributed by atoms with Gasteiger partial charge < -0.3 is 10.5 Å². The quantitative estimate of drug-likeness (QED) is 0.844. The molecule has 4 nitrogen and oxygen atoms in total. The maximum absolute atomic E-state index is 5.84. The van der Waals surface area contributed by atoms with Crippen molar-refractivity contribution in [3.8, 4) is 5.75 Å². The van der Waals surface area contributed by atoms with Crippen molar-refractivity contribution in [3.63, 3.8) is 0 Å². The SMILES string of the molecule is CCCOc1cc(Sc2ncns2)ccc1N. The summed E-state index contributed by atoms with van der Waals surface area (Å²) in [7, 11) is 0. The summed E-state index contributed by atoms with van der Waals surface area (Å²) in [4.78, 5) is 5.18. The largest absolute Gasteiger partial charge is 0.491 e. The standard InChI is InChI=1S/C11H13N3OS2/c1-2-5-15-10-6-8(3-4-9(10)12)16-11-13-7-14-17-11/h3-4,6-7H,2,5,12H2,1H3. The van der Waals surface area contributed by atoms with Crippen molar-refractivity contribution in [2.75, 3.05) is 12.3 Å². The molecule has 0 saturated heterocycles. The molecule has 0 unspecified atom stereocenters. The number of benzene rings is 1. The lowest BCUT2D eigenvalue weighted by molar-refractivity contribution is 0.318. The minimum absolute atomic E-state index is 0.667. The number of hydrogen-bond acceptors (Lipinski definition) is 6. The highest BCUT2D eigenvalue weighted by Crippen LogP contribution is 2.33. The highest BCUT2D eigenvalue weighted by atomic mass is 32.2. The van der Waals surface area contributed by atoms with Gasteiger partial charge in [-0.3, -0.25) is 0 Å². The molecule has 0 aliphatic carbocycles. The minimum Gasteiger partial charge on any atom is -0.491 e. The first kappa shape index (κ1) is 12.2. The van der Waals surface area contributed by atoms with E-state index in [0.29, 0.717) is 12.3 Å². The van der Waals surface area contributed by atoms with E-state index in [1.165, 1.54) is 11.5 Å². The fraction of sp³-hybridized carbons (Fsp3) is 0.273. The molecule has 0 saturated carbocycles. The van der Waals surface area contributed by atoms with Crippen LogP contribution in [0, 0.1) is 0 Å². The molecule has 0 aliphatic rings. The summed E-state index contributed by atoms with van der Waals surface area (Å²) in [5, 5.41) is 0. The molecule has 2 rings (SSSR count). The third kappa shape index (κ3) is 3.34. The molecule has 1 aromatic heterocycles. The summed E-state index contributed by atoms with van der Waals surface area (Å²) in [6.07, 6.45) is 2.52. The van der Waals surface area contributed by atoms with Gasteiger partial charge in [0.05, 0.1) is 12.3 Å². The third-order valence-corrected chi connectivity index (χ3v) is 3.70. The van der Waals surface area contributed by atoms with Crippen LogP contribution in [0.3, 0.4) is 0 Å². The van der Waals surface area contributed by atoms with Crippen molar-refractivity contribution in [2.45, 2.75) is 22.6 Å². The van der Waals surface area contributed by atoms with Crippen LogP contribution >= 0.6 is 23.3 Å². The first-order valence-electron chi connectivity index (χ1n) is 5.26. The van der Waals surface area contributed by atoms with E-state index in [1.807, 2.05) is 18.2 Å². The number of ether oxygens (including phenoxy) is 1. The van der Waals surface area contributed by atoms with Gasteiger partial charge in [0.15, 0.2) is 4.34 Å². The fourth-order valence-electron chi connectivity index (χ4n) is 1.22. The number of hydrogen-bond donors (Lipinski definition) is 1. The van der Waals surface area contributed by atoms with Gasteiger partial charge in [-0.25, -0.2) is 4.98 Å². The molecule has 0 amide bonds. The molecular weight excluding hydrogens is 254 g/mol. The van der Waals surface area contributed by atoms with E-state index in [9.17, 15) is 0 Å². The molecule has 0 aliphatic heterocycles. The molecule has 0 atom stereocenters. The fourth-order valence-corrected chi connectivity index (χ4v) is 2.67. The van der Waals surface area contributed by atoms with Gasteiger partial charge in [-0.05, 0) is 36.2 Å². The average Bonchev–Trinajstić information content (AvgIpc) is 2.82. The Kier molecular flexibility index (Phi) is 4.22. The van der Waals surface area contributed by atoms with Crippen LogP contribution in [-0.4, -0.2) is 16.0 Å². The summed E-state index contributed by atoms with van der Waals surface area (Å²) in [5.41, 5.74) is 6.51. The maximum Gasteiger partial charge on any atom is 0.174 e. The lowest BCUT2D eigenvalue weighted by atomic mass is 10.3. The molecule has 0 spiro atoms. The Morgan fingerprint density at radius 3 is 3.06 bits per heavy atom. The Labute approximate surface area is 108 Å². The van der Waals surface area contributed by atoms with Crippen LogP contribution in [0.2, 0.25) is 0 Å². The Bertz CT molecular complexity index is 474. The average molecular weight is 267 g/mol.